The van der Waals surface area contributed by atoms with Crippen molar-refractivity contribution in [1.82, 2.24) is 14.7 Å². The zero-order valence-corrected chi connectivity index (χ0v) is 15.3. The lowest BCUT2D eigenvalue weighted by Crippen LogP contribution is -2.53. The van der Waals surface area contributed by atoms with Crippen LogP contribution in [0, 0.1) is 5.82 Å². The highest BCUT2D eigenvalue weighted by atomic mass is 19.1. The van der Waals surface area contributed by atoms with E-state index in [1.54, 1.807) is 24.1 Å². The molecule has 0 aliphatic carbocycles. The molecule has 2 heterocycles. The molecule has 138 valence electrons. The third-order valence-corrected chi connectivity index (χ3v) is 5.47. The molecule has 25 heavy (non-hydrogen) atoms. The molecule has 1 atom stereocenters. The number of anilines is 1. The van der Waals surface area contributed by atoms with Crippen LogP contribution in [0.3, 0.4) is 0 Å². The predicted octanol–water partition coefficient (Wildman–Crippen LogP) is 2.48. The first kappa shape index (κ1) is 18.1. The fourth-order valence-electron chi connectivity index (χ4n) is 3.77. The van der Waals surface area contributed by atoms with E-state index >= 15 is 0 Å². The van der Waals surface area contributed by atoms with Gasteiger partial charge in [-0.25, -0.2) is 9.18 Å². The van der Waals surface area contributed by atoms with E-state index in [0.717, 1.165) is 57.8 Å². The summed E-state index contributed by atoms with van der Waals surface area (Å²) in [5.74, 6) is -0.283. The first-order valence-corrected chi connectivity index (χ1v) is 9.25. The summed E-state index contributed by atoms with van der Waals surface area (Å²) < 4.78 is 13.1. The van der Waals surface area contributed by atoms with Gasteiger partial charge < -0.3 is 9.80 Å². The number of carbonyl (C=O) groups excluding carboxylic acids is 1. The number of nitrogens with zero attached hydrogens (tertiary/aromatic N) is 4. The highest BCUT2D eigenvalue weighted by Gasteiger charge is 2.29. The molecule has 3 rings (SSSR count). The quantitative estimate of drug-likeness (QED) is 0.823. The van der Waals surface area contributed by atoms with Gasteiger partial charge in [-0.2, -0.15) is 0 Å². The summed E-state index contributed by atoms with van der Waals surface area (Å²) in [7, 11) is 3.93. The summed E-state index contributed by atoms with van der Waals surface area (Å²) in [5.41, 5.74) is 0.729. The standard InChI is InChI=1S/C19H29FN4O/c1-21-11-13-23(14-12-21)18-5-3-4-10-24(15-18)19(25)22(2)17-8-6-16(20)7-9-17/h6-9,18H,3-5,10-15H2,1-2H3. The van der Waals surface area contributed by atoms with E-state index in [2.05, 4.69) is 16.8 Å². The fourth-order valence-corrected chi connectivity index (χ4v) is 3.77. The van der Waals surface area contributed by atoms with E-state index in [1.807, 2.05) is 4.90 Å². The molecule has 1 unspecified atom stereocenters. The molecule has 0 radical (unpaired) electrons. The maximum atomic E-state index is 13.1. The maximum absolute atomic E-state index is 13.1. The van der Waals surface area contributed by atoms with Crippen LogP contribution in [0.25, 0.3) is 0 Å². The van der Waals surface area contributed by atoms with Crippen LogP contribution in [-0.2, 0) is 0 Å². The van der Waals surface area contributed by atoms with Gasteiger partial charge in [-0.1, -0.05) is 6.42 Å². The first-order valence-electron chi connectivity index (χ1n) is 9.25. The second kappa shape index (κ2) is 8.15. The van der Waals surface area contributed by atoms with Crippen LogP contribution in [0.15, 0.2) is 24.3 Å². The normalized spacial score (nSPS) is 23.3. The van der Waals surface area contributed by atoms with Crippen LogP contribution in [0.4, 0.5) is 14.9 Å². The molecule has 1 aromatic rings. The first-order chi connectivity index (χ1) is 12.0. The summed E-state index contributed by atoms with van der Waals surface area (Å²) in [5, 5.41) is 0. The fraction of sp³-hybridized carbons (Fsp3) is 0.632. The Morgan fingerprint density at radius 2 is 1.76 bits per heavy atom. The third-order valence-electron chi connectivity index (χ3n) is 5.47. The van der Waals surface area contributed by atoms with Crippen LogP contribution in [0.2, 0.25) is 0 Å². The molecular weight excluding hydrogens is 319 g/mol. The number of halogens is 1. The smallest absolute Gasteiger partial charge is 0.323 e. The van der Waals surface area contributed by atoms with E-state index in [9.17, 15) is 9.18 Å². The minimum atomic E-state index is -0.283. The van der Waals surface area contributed by atoms with Crippen LogP contribution in [0.5, 0.6) is 0 Å². The van der Waals surface area contributed by atoms with E-state index in [4.69, 9.17) is 0 Å². The minimum Gasteiger partial charge on any atom is -0.323 e. The van der Waals surface area contributed by atoms with Gasteiger partial charge in [0.05, 0.1) is 0 Å². The highest BCUT2D eigenvalue weighted by molar-refractivity contribution is 5.91. The SMILES string of the molecule is CN1CCN(C2CCCCN(C(=O)N(C)c3ccc(F)cc3)C2)CC1. The Morgan fingerprint density at radius 1 is 1.08 bits per heavy atom. The molecule has 1 aromatic carbocycles. The Morgan fingerprint density at radius 3 is 2.44 bits per heavy atom. The molecule has 6 heteroatoms. The molecule has 5 nitrogen and oxygen atoms in total. The number of carbonyl (C=O) groups is 1. The molecule has 2 amide bonds. The lowest BCUT2D eigenvalue weighted by atomic mass is 10.1. The Labute approximate surface area is 150 Å². The number of piperazine rings is 1. The van der Waals surface area contributed by atoms with E-state index in [0.29, 0.717) is 6.04 Å². The lowest BCUT2D eigenvalue weighted by molar-refractivity contribution is 0.0942. The van der Waals surface area contributed by atoms with Gasteiger partial charge in [-0.15, -0.1) is 0 Å². The van der Waals surface area contributed by atoms with Crippen LogP contribution in [0.1, 0.15) is 19.3 Å². The van der Waals surface area contributed by atoms with E-state index in [-0.39, 0.29) is 11.8 Å². The highest BCUT2D eigenvalue weighted by Crippen LogP contribution is 2.21. The number of hydrogen-bond donors (Lipinski definition) is 0. The van der Waals surface area contributed by atoms with Gasteiger partial charge in [-0.3, -0.25) is 9.80 Å². The second-order valence-electron chi connectivity index (χ2n) is 7.25. The number of likely N-dealkylation sites (tertiary alicyclic amines) is 1. The minimum absolute atomic E-state index is 0.00707. The van der Waals surface area contributed by atoms with Crippen molar-refractivity contribution in [2.24, 2.45) is 0 Å². The summed E-state index contributed by atoms with van der Waals surface area (Å²) >= 11 is 0. The summed E-state index contributed by atoms with van der Waals surface area (Å²) in [6.45, 7) is 5.94. The van der Waals surface area contributed by atoms with Crippen molar-refractivity contribution in [1.29, 1.82) is 0 Å². The van der Waals surface area contributed by atoms with Crippen LogP contribution < -0.4 is 4.90 Å². The summed E-state index contributed by atoms with van der Waals surface area (Å²) in [6, 6.07) is 6.56. The van der Waals surface area contributed by atoms with E-state index in [1.165, 1.54) is 18.6 Å². The van der Waals surface area contributed by atoms with Crippen molar-refractivity contribution in [2.45, 2.75) is 25.3 Å². The van der Waals surface area contributed by atoms with Gasteiger partial charge in [-0.05, 0) is 44.2 Å². The number of rotatable bonds is 2. The molecule has 0 saturated carbocycles. The van der Waals surface area contributed by atoms with Gasteiger partial charge in [0.1, 0.15) is 5.82 Å². The number of urea groups is 1. The summed E-state index contributed by atoms with van der Waals surface area (Å²) in [4.78, 5) is 21.5. The molecule has 0 N–H and O–H groups in total. The van der Waals surface area contributed by atoms with Gasteiger partial charge in [0.2, 0.25) is 0 Å². The predicted molar refractivity (Wildman–Crippen MR) is 98.5 cm³/mol. The zero-order valence-electron chi connectivity index (χ0n) is 15.3. The number of benzene rings is 1. The molecule has 0 aromatic heterocycles. The average molecular weight is 348 g/mol. The Bertz CT molecular complexity index is 571. The van der Waals surface area contributed by atoms with Gasteiger partial charge in [0.15, 0.2) is 0 Å². The van der Waals surface area contributed by atoms with Gasteiger partial charge in [0, 0.05) is 58.0 Å². The van der Waals surface area contributed by atoms with Gasteiger partial charge >= 0.3 is 6.03 Å². The molecule has 2 aliphatic rings. The van der Waals surface area contributed by atoms with Gasteiger partial charge in [0.25, 0.3) is 0 Å². The van der Waals surface area contributed by atoms with Crippen LogP contribution >= 0.6 is 0 Å². The van der Waals surface area contributed by atoms with Crippen LogP contribution in [-0.4, -0.2) is 80.1 Å². The molecule has 2 fully saturated rings. The second-order valence-corrected chi connectivity index (χ2v) is 7.25. The third kappa shape index (κ3) is 4.50. The zero-order chi connectivity index (χ0) is 17.8. The molecule has 0 spiro atoms. The molecule has 2 aliphatic heterocycles. The number of likely N-dealkylation sites (N-methyl/N-ethyl adjacent to an activating group) is 1. The van der Waals surface area contributed by atoms with Crippen molar-refractivity contribution in [2.75, 3.05) is 58.3 Å². The average Bonchev–Trinajstić information content (AvgIpc) is 2.88. The van der Waals surface area contributed by atoms with Crippen molar-refractivity contribution < 1.29 is 9.18 Å². The van der Waals surface area contributed by atoms with E-state index < -0.39 is 0 Å². The topological polar surface area (TPSA) is 30.0 Å². The lowest BCUT2D eigenvalue weighted by Gasteiger charge is -2.39. The summed E-state index contributed by atoms with van der Waals surface area (Å²) in [6.07, 6.45) is 3.38. The molecule has 0 bridgehead atoms. The molecular formula is C19H29FN4O. The molecule has 2 saturated heterocycles. The number of amides is 2. The monoisotopic (exact) mass is 348 g/mol. The largest absolute Gasteiger partial charge is 0.324 e. The van der Waals surface area contributed by atoms with Crippen molar-refractivity contribution in [3.8, 4) is 0 Å². The van der Waals surface area contributed by atoms with Crippen molar-refractivity contribution in [3.63, 3.8) is 0 Å². The van der Waals surface area contributed by atoms with Crippen molar-refractivity contribution in [3.05, 3.63) is 30.1 Å². The Balaban J connectivity index is 1.65. The van der Waals surface area contributed by atoms with Crippen molar-refractivity contribution >= 4 is 11.7 Å². The Kier molecular flexibility index (Phi) is 5.91. The maximum Gasteiger partial charge on any atom is 0.324 e. The number of hydrogen-bond acceptors (Lipinski definition) is 3. The Hall–Kier alpha value is -1.66.